The quantitative estimate of drug-likeness (QED) is 0.842. The van der Waals surface area contributed by atoms with Gasteiger partial charge in [0.05, 0.1) is 5.41 Å². The summed E-state index contributed by atoms with van der Waals surface area (Å²) in [6.07, 6.45) is 5.29. The number of phenols is 1. The summed E-state index contributed by atoms with van der Waals surface area (Å²) in [5.74, 6) is 1.21. The first-order valence-corrected chi connectivity index (χ1v) is 7.45. The number of rotatable bonds is 2. The van der Waals surface area contributed by atoms with Crippen molar-refractivity contribution in [2.45, 2.75) is 44.9 Å². The number of carbonyl (C=O) groups excluding carboxylic acids is 2. The van der Waals surface area contributed by atoms with Gasteiger partial charge in [-0.1, -0.05) is 12.1 Å². The molecule has 0 unspecified atom stereocenters. The van der Waals surface area contributed by atoms with Gasteiger partial charge in [-0.15, -0.1) is 0 Å². The second kappa shape index (κ2) is 5.04. The summed E-state index contributed by atoms with van der Waals surface area (Å²) in [5, 5.41) is 9.29. The van der Waals surface area contributed by atoms with Crippen molar-refractivity contribution in [3.8, 4) is 5.75 Å². The molecule has 3 heteroatoms. The summed E-state index contributed by atoms with van der Waals surface area (Å²) in [5.41, 5.74) is 0.610. The van der Waals surface area contributed by atoms with Crippen LogP contribution in [0.3, 0.4) is 0 Å². The van der Waals surface area contributed by atoms with Crippen LogP contribution in [0, 0.1) is 11.3 Å². The van der Waals surface area contributed by atoms with Crippen molar-refractivity contribution >= 4 is 11.6 Å². The van der Waals surface area contributed by atoms with E-state index < -0.39 is 5.41 Å². The Hall–Kier alpha value is -1.64. The predicted octanol–water partition coefficient (Wildman–Crippen LogP) is 3.04. The van der Waals surface area contributed by atoms with Gasteiger partial charge in [0, 0.05) is 12.8 Å². The fourth-order valence-corrected chi connectivity index (χ4v) is 3.76. The average Bonchev–Trinajstić information content (AvgIpc) is 2.72. The lowest BCUT2D eigenvalue weighted by Gasteiger charge is -2.34. The van der Waals surface area contributed by atoms with Crippen LogP contribution in [0.25, 0.3) is 0 Å². The summed E-state index contributed by atoms with van der Waals surface area (Å²) in [6, 6.07) is 7.32. The molecule has 2 fully saturated rings. The normalized spacial score (nSPS) is 22.6. The van der Waals surface area contributed by atoms with Gasteiger partial charge in [0.25, 0.3) is 0 Å². The fourth-order valence-electron chi connectivity index (χ4n) is 3.76. The third-order valence-electron chi connectivity index (χ3n) is 5.07. The van der Waals surface area contributed by atoms with Crippen LogP contribution in [-0.4, -0.2) is 16.7 Å². The van der Waals surface area contributed by atoms with Crippen LogP contribution in [0.4, 0.5) is 0 Å². The minimum absolute atomic E-state index is 0.186. The smallest absolute Gasteiger partial charge is 0.146 e. The van der Waals surface area contributed by atoms with Crippen LogP contribution in [-0.2, 0) is 16.0 Å². The Morgan fingerprint density at radius 1 is 1.00 bits per heavy atom. The SMILES string of the molecule is O=C1CCC(=O)C12CCC(Cc1ccc(O)cc1)CC2. The molecule has 20 heavy (non-hydrogen) atoms. The van der Waals surface area contributed by atoms with Gasteiger partial charge >= 0.3 is 0 Å². The van der Waals surface area contributed by atoms with E-state index in [4.69, 9.17) is 0 Å². The highest BCUT2D eigenvalue weighted by molar-refractivity contribution is 6.12. The van der Waals surface area contributed by atoms with Crippen LogP contribution in [0.2, 0.25) is 0 Å². The van der Waals surface area contributed by atoms with Crippen LogP contribution >= 0.6 is 0 Å². The minimum Gasteiger partial charge on any atom is -0.508 e. The summed E-state index contributed by atoms with van der Waals surface area (Å²) < 4.78 is 0. The molecule has 0 amide bonds. The zero-order valence-electron chi connectivity index (χ0n) is 11.6. The molecule has 2 aliphatic rings. The van der Waals surface area contributed by atoms with Crippen molar-refractivity contribution in [2.75, 3.05) is 0 Å². The molecule has 0 atom stereocenters. The molecule has 0 radical (unpaired) electrons. The number of carbonyl (C=O) groups is 2. The highest BCUT2D eigenvalue weighted by atomic mass is 16.3. The molecule has 2 aliphatic carbocycles. The van der Waals surface area contributed by atoms with E-state index in [9.17, 15) is 14.7 Å². The van der Waals surface area contributed by atoms with Crippen molar-refractivity contribution in [1.29, 1.82) is 0 Å². The maximum absolute atomic E-state index is 12.0. The topological polar surface area (TPSA) is 54.4 Å². The number of hydrogen-bond donors (Lipinski definition) is 1. The standard InChI is InChI=1S/C17H20O3/c18-14-3-1-12(2-4-14)11-13-7-9-17(10-8-13)15(19)5-6-16(17)20/h1-4,13,18H,5-11H2. The molecule has 0 aliphatic heterocycles. The first-order valence-electron chi connectivity index (χ1n) is 7.45. The Kier molecular flexibility index (Phi) is 3.36. The highest BCUT2D eigenvalue weighted by Gasteiger charge is 2.50. The Bertz CT molecular complexity index is 504. The zero-order chi connectivity index (χ0) is 14.2. The molecule has 3 rings (SSSR count). The third-order valence-corrected chi connectivity index (χ3v) is 5.07. The monoisotopic (exact) mass is 272 g/mol. The van der Waals surface area contributed by atoms with Gasteiger partial charge in [-0.25, -0.2) is 0 Å². The van der Waals surface area contributed by atoms with Crippen molar-refractivity contribution in [3.63, 3.8) is 0 Å². The molecule has 0 saturated heterocycles. The predicted molar refractivity (Wildman–Crippen MR) is 75.4 cm³/mol. The molecule has 0 bridgehead atoms. The number of ketones is 2. The van der Waals surface area contributed by atoms with Gasteiger partial charge < -0.3 is 5.11 Å². The van der Waals surface area contributed by atoms with E-state index in [-0.39, 0.29) is 11.6 Å². The molecule has 0 aromatic heterocycles. The molecule has 0 heterocycles. The van der Waals surface area contributed by atoms with E-state index in [1.165, 1.54) is 5.56 Å². The molecule has 2 saturated carbocycles. The first kappa shape index (κ1) is 13.3. The van der Waals surface area contributed by atoms with Crippen LogP contribution in [0.15, 0.2) is 24.3 Å². The number of phenolic OH excluding ortho intramolecular Hbond substituents is 1. The molecule has 1 aromatic rings. The summed E-state index contributed by atoms with van der Waals surface area (Å²) in [6.45, 7) is 0. The van der Waals surface area contributed by atoms with Gasteiger partial charge in [0.15, 0.2) is 0 Å². The second-order valence-corrected chi connectivity index (χ2v) is 6.24. The summed E-state index contributed by atoms with van der Waals surface area (Å²) >= 11 is 0. The van der Waals surface area contributed by atoms with E-state index in [2.05, 4.69) is 0 Å². The van der Waals surface area contributed by atoms with Gasteiger partial charge in [-0.3, -0.25) is 9.59 Å². The van der Waals surface area contributed by atoms with Crippen molar-refractivity contribution in [2.24, 2.45) is 11.3 Å². The van der Waals surface area contributed by atoms with Gasteiger partial charge in [0.2, 0.25) is 0 Å². The maximum atomic E-state index is 12.0. The van der Waals surface area contributed by atoms with Crippen LogP contribution < -0.4 is 0 Å². The molecular formula is C17H20O3. The van der Waals surface area contributed by atoms with Crippen molar-refractivity contribution in [1.82, 2.24) is 0 Å². The van der Waals surface area contributed by atoms with Crippen LogP contribution in [0.1, 0.15) is 44.1 Å². The molecule has 3 nitrogen and oxygen atoms in total. The number of benzene rings is 1. The lowest BCUT2D eigenvalue weighted by atomic mass is 9.67. The van der Waals surface area contributed by atoms with Gasteiger partial charge in [-0.05, 0) is 55.7 Å². The molecule has 1 N–H and O–H groups in total. The van der Waals surface area contributed by atoms with E-state index in [1.54, 1.807) is 12.1 Å². The first-order chi connectivity index (χ1) is 9.60. The third kappa shape index (κ3) is 2.26. The molecule has 1 aromatic carbocycles. The van der Waals surface area contributed by atoms with Gasteiger partial charge in [0.1, 0.15) is 17.3 Å². The fraction of sp³-hybridized carbons (Fsp3) is 0.529. The van der Waals surface area contributed by atoms with Crippen molar-refractivity contribution in [3.05, 3.63) is 29.8 Å². The van der Waals surface area contributed by atoms with Crippen molar-refractivity contribution < 1.29 is 14.7 Å². The number of aromatic hydroxyl groups is 1. The summed E-state index contributed by atoms with van der Waals surface area (Å²) in [4.78, 5) is 24.0. The minimum atomic E-state index is -0.606. The molecule has 1 spiro atoms. The second-order valence-electron chi connectivity index (χ2n) is 6.24. The maximum Gasteiger partial charge on any atom is 0.146 e. The lowest BCUT2D eigenvalue weighted by molar-refractivity contribution is -0.137. The summed E-state index contributed by atoms with van der Waals surface area (Å²) in [7, 11) is 0. The molecule has 106 valence electrons. The Morgan fingerprint density at radius 3 is 2.10 bits per heavy atom. The number of hydrogen-bond acceptors (Lipinski definition) is 3. The van der Waals surface area contributed by atoms with E-state index >= 15 is 0 Å². The van der Waals surface area contributed by atoms with E-state index in [1.807, 2.05) is 12.1 Å². The Labute approximate surface area is 119 Å². The Morgan fingerprint density at radius 2 is 1.55 bits per heavy atom. The molecular weight excluding hydrogens is 252 g/mol. The largest absolute Gasteiger partial charge is 0.508 e. The van der Waals surface area contributed by atoms with Crippen LogP contribution in [0.5, 0.6) is 5.75 Å². The number of Topliss-reactive ketones (excluding diaryl/α,β-unsaturated/α-hetero) is 2. The zero-order valence-corrected chi connectivity index (χ0v) is 11.6. The highest BCUT2D eigenvalue weighted by Crippen LogP contribution is 2.46. The van der Waals surface area contributed by atoms with Gasteiger partial charge in [-0.2, -0.15) is 0 Å². The van der Waals surface area contributed by atoms with E-state index in [0.717, 1.165) is 32.1 Å². The average molecular weight is 272 g/mol. The lowest BCUT2D eigenvalue weighted by Crippen LogP contribution is -2.37. The Balaban J connectivity index is 1.63. The van der Waals surface area contributed by atoms with E-state index in [0.29, 0.717) is 24.5 Å².